The summed E-state index contributed by atoms with van der Waals surface area (Å²) in [6.07, 6.45) is 21.6. The molecule has 0 aromatic rings. The van der Waals surface area contributed by atoms with E-state index in [1.165, 1.54) is 89.9 Å². The van der Waals surface area contributed by atoms with E-state index in [1.54, 1.807) is 7.11 Å². The molecule has 0 aromatic heterocycles. The van der Waals surface area contributed by atoms with Gasteiger partial charge in [0.15, 0.2) is 0 Å². The van der Waals surface area contributed by atoms with E-state index in [1.807, 2.05) is 0 Å². The lowest BCUT2D eigenvalue weighted by Crippen LogP contribution is -2.27. The Labute approximate surface area is 212 Å². The molecule has 0 heterocycles. The summed E-state index contributed by atoms with van der Waals surface area (Å²) in [6, 6.07) is 0. The van der Waals surface area contributed by atoms with E-state index in [9.17, 15) is 4.79 Å². The average molecular weight is 487 g/mol. The first-order valence-electron chi connectivity index (χ1n) is 14.4. The Hall–Kier alpha value is -0.650. The lowest BCUT2D eigenvalue weighted by Gasteiger charge is -2.29. The van der Waals surface area contributed by atoms with Crippen molar-refractivity contribution < 1.29 is 23.7 Å². The molecule has 0 fully saturated rings. The zero-order valence-electron chi connectivity index (χ0n) is 23.3. The van der Waals surface area contributed by atoms with Crippen LogP contribution in [0.3, 0.4) is 0 Å². The molecule has 5 nitrogen and oxygen atoms in total. The second kappa shape index (κ2) is 25.4. The molecule has 0 aromatic carbocycles. The van der Waals surface area contributed by atoms with Gasteiger partial charge in [-0.15, -0.1) is 0 Å². The van der Waals surface area contributed by atoms with Crippen molar-refractivity contribution in [1.29, 1.82) is 0 Å². The first kappa shape index (κ1) is 33.4. The van der Waals surface area contributed by atoms with Crippen molar-refractivity contribution in [2.24, 2.45) is 5.41 Å². The summed E-state index contributed by atoms with van der Waals surface area (Å²) in [5, 5.41) is 0. The summed E-state index contributed by atoms with van der Waals surface area (Å²) in [6.45, 7) is 9.60. The second-order valence-corrected chi connectivity index (χ2v) is 10.2. The minimum absolute atomic E-state index is 0.00624. The van der Waals surface area contributed by atoms with Crippen molar-refractivity contribution in [3.8, 4) is 0 Å². The molecule has 34 heavy (non-hydrogen) atoms. The van der Waals surface area contributed by atoms with Gasteiger partial charge in [0.1, 0.15) is 6.61 Å². The summed E-state index contributed by atoms with van der Waals surface area (Å²) >= 11 is 0. The van der Waals surface area contributed by atoms with Gasteiger partial charge in [0.05, 0.1) is 19.8 Å². The Morgan fingerprint density at radius 3 is 1.65 bits per heavy atom. The quantitative estimate of drug-likeness (QED) is 0.0872. The Morgan fingerprint density at radius 1 is 0.618 bits per heavy atom. The fourth-order valence-corrected chi connectivity index (χ4v) is 4.26. The standard InChI is InChI=1S/C29H58O5/c1-5-7-9-11-13-14-16-18-21-29(3,20-17-15-12-10-8-6-2)27-34-28(30)26-33-25-24-32-23-19-22-31-4/h5-27H2,1-4H3. The van der Waals surface area contributed by atoms with E-state index in [0.29, 0.717) is 33.0 Å². The van der Waals surface area contributed by atoms with E-state index in [-0.39, 0.29) is 18.0 Å². The number of rotatable bonds is 27. The normalized spacial score (nSPS) is 13.2. The number of carbonyl (C=O) groups is 1. The molecule has 0 aliphatic carbocycles. The summed E-state index contributed by atoms with van der Waals surface area (Å²) in [4.78, 5) is 12.2. The molecule has 0 saturated heterocycles. The second-order valence-electron chi connectivity index (χ2n) is 10.2. The van der Waals surface area contributed by atoms with Crippen LogP contribution in [0, 0.1) is 5.41 Å². The predicted molar refractivity (Wildman–Crippen MR) is 142 cm³/mol. The highest BCUT2D eigenvalue weighted by molar-refractivity contribution is 5.70. The van der Waals surface area contributed by atoms with Crippen LogP contribution in [0.1, 0.15) is 130 Å². The lowest BCUT2D eigenvalue weighted by molar-refractivity contribution is -0.153. The zero-order chi connectivity index (χ0) is 25.2. The van der Waals surface area contributed by atoms with E-state index < -0.39 is 0 Å². The Balaban J connectivity index is 4.16. The number of ether oxygens (including phenoxy) is 4. The van der Waals surface area contributed by atoms with Gasteiger partial charge in [0, 0.05) is 25.7 Å². The minimum atomic E-state index is -0.260. The van der Waals surface area contributed by atoms with Gasteiger partial charge in [0.2, 0.25) is 0 Å². The Bertz CT molecular complexity index is 429. The van der Waals surface area contributed by atoms with Crippen LogP contribution in [0.5, 0.6) is 0 Å². The highest BCUT2D eigenvalue weighted by Gasteiger charge is 2.25. The highest BCUT2D eigenvalue weighted by Crippen LogP contribution is 2.32. The zero-order valence-corrected chi connectivity index (χ0v) is 23.3. The van der Waals surface area contributed by atoms with Crippen molar-refractivity contribution in [2.75, 3.05) is 46.8 Å². The summed E-state index contributed by atoms with van der Waals surface area (Å²) < 4.78 is 21.5. The smallest absolute Gasteiger partial charge is 0.332 e. The van der Waals surface area contributed by atoms with Crippen LogP contribution in [0.25, 0.3) is 0 Å². The summed E-state index contributed by atoms with van der Waals surface area (Å²) in [7, 11) is 1.68. The number of unbranched alkanes of at least 4 members (excludes halogenated alkanes) is 12. The molecule has 204 valence electrons. The van der Waals surface area contributed by atoms with E-state index in [2.05, 4.69) is 20.8 Å². The largest absolute Gasteiger partial charge is 0.463 e. The SMILES string of the molecule is CCCCCCCCCCC(C)(CCCCCCCC)COC(=O)COCCOCCCOC. The topological polar surface area (TPSA) is 54.0 Å². The van der Waals surface area contributed by atoms with Gasteiger partial charge in [-0.2, -0.15) is 0 Å². The number of carbonyl (C=O) groups excluding carboxylic acids is 1. The number of methoxy groups -OCH3 is 1. The Kier molecular flexibility index (Phi) is 25.0. The maximum Gasteiger partial charge on any atom is 0.332 e. The van der Waals surface area contributed by atoms with E-state index in [4.69, 9.17) is 18.9 Å². The first-order valence-corrected chi connectivity index (χ1v) is 14.4. The van der Waals surface area contributed by atoms with Crippen molar-refractivity contribution >= 4 is 5.97 Å². The van der Waals surface area contributed by atoms with Crippen LogP contribution in [-0.4, -0.2) is 52.7 Å². The van der Waals surface area contributed by atoms with Crippen LogP contribution >= 0.6 is 0 Å². The monoisotopic (exact) mass is 486 g/mol. The molecule has 1 atom stereocenters. The first-order chi connectivity index (χ1) is 16.6. The molecule has 0 bridgehead atoms. The fourth-order valence-electron chi connectivity index (χ4n) is 4.26. The van der Waals surface area contributed by atoms with Crippen molar-refractivity contribution in [2.45, 2.75) is 130 Å². The third kappa shape index (κ3) is 23.1. The van der Waals surface area contributed by atoms with Crippen molar-refractivity contribution in [1.82, 2.24) is 0 Å². The van der Waals surface area contributed by atoms with Crippen LogP contribution in [0.4, 0.5) is 0 Å². The van der Waals surface area contributed by atoms with Gasteiger partial charge >= 0.3 is 5.97 Å². The predicted octanol–water partition coefficient (Wildman–Crippen LogP) is 7.89. The average Bonchev–Trinajstić information content (AvgIpc) is 2.83. The molecule has 0 spiro atoms. The molecule has 0 N–H and O–H groups in total. The van der Waals surface area contributed by atoms with Crippen LogP contribution in [0.15, 0.2) is 0 Å². The van der Waals surface area contributed by atoms with Crippen molar-refractivity contribution in [3.63, 3.8) is 0 Å². The number of esters is 1. The van der Waals surface area contributed by atoms with Crippen molar-refractivity contribution in [3.05, 3.63) is 0 Å². The molecule has 1 unspecified atom stereocenters. The highest BCUT2D eigenvalue weighted by atomic mass is 16.6. The van der Waals surface area contributed by atoms with E-state index >= 15 is 0 Å². The van der Waals surface area contributed by atoms with Gasteiger partial charge < -0.3 is 18.9 Å². The van der Waals surface area contributed by atoms with Gasteiger partial charge in [-0.3, -0.25) is 0 Å². The maximum absolute atomic E-state index is 12.2. The van der Waals surface area contributed by atoms with E-state index in [0.717, 1.165) is 19.3 Å². The summed E-state index contributed by atoms with van der Waals surface area (Å²) in [5.74, 6) is -0.260. The van der Waals surface area contributed by atoms with Gasteiger partial charge in [-0.1, -0.05) is 111 Å². The number of hydrogen-bond donors (Lipinski definition) is 0. The molecule has 0 amide bonds. The molecule has 0 aliphatic rings. The molecule has 5 heteroatoms. The van der Waals surface area contributed by atoms with Gasteiger partial charge in [-0.05, 0) is 19.3 Å². The molecule has 0 saturated carbocycles. The molecule has 0 rings (SSSR count). The third-order valence-corrected chi connectivity index (χ3v) is 6.58. The summed E-state index contributed by atoms with van der Waals surface area (Å²) in [5.41, 5.74) is 0.0765. The molecular weight excluding hydrogens is 428 g/mol. The van der Waals surface area contributed by atoms with Crippen LogP contribution in [-0.2, 0) is 23.7 Å². The maximum atomic E-state index is 12.2. The fraction of sp³-hybridized carbons (Fsp3) is 0.966. The number of hydrogen-bond acceptors (Lipinski definition) is 5. The Morgan fingerprint density at radius 2 is 1.12 bits per heavy atom. The minimum Gasteiger partial charge on any atom is -0.463 e. The van der Waals surface area contributed by atoms with Crippen LogP contribution in [0.2, 0.25) is 0 Å². The third-order valence-electron chi connectivity index (χ3n) is 6.58. The molecule has 0 aliphatic heterocycles. The lowest BCUT2D eigenvalue weighted by atomic mass is 9.80. The molecular formula is C29H58O5. The van der Waals surface area contributed by atoms with Crippen LogP contribution < -0.4 is 0 Å². The van der Waals surface area contributed by atoms with Gasteiger partial charge in [-0.25, -0.2) is 4.79 Å². The molecule has 0 radical (unpaired) electrons. The van der Waals surface area contributed by atoms with Gasteiger partial charge in [0.25, 0.3) is 0 Å².